The van der Waals surface area contributed by atoms with Crippen LogP contribution in [-0.4, -0.2) is 62.1 Å². The van der Waals surface area contributed by atoms with E-state index in [0.29, 0.717) is 5.69 Å². The summed E-state index contributed by atoms with van der Waals surface area (Å²) in [5.41, 5.74) is 8.11. The number of amides is 1. The average molecular weight is 277 g/mol. The second kappa shape index (κ2) is 6.72. The number of carbonyl (C=O) groups excluding carboxylic acids is 1. The molecule has 0 saturated carbocycles. The number of carbonyl (C=O) groups is 1. The fourth-order valence-corrected chi connectivity index (χ4v) is 2.44. The number of anilines is 1. The molecule has 5 heteroatoms. The largest absolute Gasteiger partial charge is 0.399 e. The molecule has 1 heterocycles. The van der Waals surface area contributed by atoms with Gasteiger partial charge in [-0.15, -0.1) is 0 Å². The molecule has 5 nitrogen and oxygen atoms in total. The van der Waals surface area contributed by atoms with Crippen LogP contribution in [0.15, 0.2) is 18.2 Å². The highest BCUT2D eigenvalue weighted by Crippen LogP contribution is 2.16. The summed E-state index contributed by atoms with van der Waals surface area (Å²) in [4.78, 5) is 16.7. The van der Waals surface area contributed by atoms with Crippen molar-refractivity contribution in [2.24, 2.45) is 0 Å². The molecule has 110 valence electrons. The lowest BCUT2D eigenvalue weighted by Gasteiger charge is -2.34. The predicted molar refractivity (Wildman–Crippen MR) is 79.8 cm³/mol. The van der Waals surface area contributed by atoms with Crippen LogP contribution in [0.4, 0.5) is 5.69 Å². The van der Waals surface area contributed by atoms with Crippen molar-refractivity contribution in [3.8, 4) is 0 Å². The van der Waals surface area contributed by atoms with Gasteiger partial charge in [0.15, 0.2) is 0 Å². The molecule has 1 saturated heterocycles. The van der Waals surface area contributed by atoms with Gasteiger partial charge in [-0.1, -0.05) is 6.07 Å². The third kappa shape index (κ3) is 3.49. The minimum atomic E-state index is 0.0844. The molecule has 0 bridgehead atoms. The summed E-state index contributed by atoms with van der Waals surface area (Å²) in [7, 11) is 1.71. The number of hydrogen-bond acceptors (Lipinski definition) is 4. The summed E-state index contributed by atoms with van der Waals surface area (Å²) in [6.07, 6.45) is 0. The molecule has 1 aromatic rings. The van der Waals surface area contributed by atoms with Crippen LogP contribution >= 0.6 is 0 Å². The highest BCUT2D eigenvalue weighted by Gasteiger charge is 2.22. The zero-order valence-corrected chi connectivity index (χ0v) is 12.3. The van der Waals surface area contributed by atoms with Gasteiger partial charge in [0.2, 0.25) is 0 Å². The second-order valence-corrected chi connectivity index (χ2v) is 5.20. The molecular weight excluding hydrogens is 254 g/mol. The Morgan fingerprint density at radius 3 is 2.65 bits per heavy atom. The van der Waals surface area contributed by atoms with Crippen molar-refractivity contribution >= 4 is 11.6 Å². The number of ether oxygens (including phenoxy) is 1. The summed E-state index contributed by atoms with van der Waals surface area (Å²) in [6.45, 7) is 6.93. The van der Waals surface area contributed by atoms with Crippen LogP contribution < -0.4 is 5.73 Å². The highest BCUT2D eigenvalue weighted by molar-refractivity contribution is 5.96. The number of rotatable bonds is 4. The number of aryl methyl sites for hydroxylation is 1. The van der Waals surface area contributed by atoms with E-state index in [1.807, 2.05) is 24.0 Å². The Morgan fingerprint density at radius 2 is 2.00 bits per heavy atom. The van der Waals surface area contributed by atoms with Gasteiger partial charge >= 0.3 is 0 Å². The molecule has 0 unspecified atom stereocenters. The van der Waals surface area contributed by atoms with Crippen molar-refractivity contribution in [2.75, 3.05) is 52.2 Å². The summed E-state index contributed by atoms with van der Waals surface area (Å²) < 4.78 is 5.08. The summed E-state index contributed by atoms with van der Waals surface area (Å²) in [6, 6.07) is 5.50. The molecule has 2 N–H and O–H groups in total. The van der Waals surface area contributed by atoms with Gasteiger partial charge in [-0.2, -0.15) is 0 Å². The molecule has 1 fully saturated rings. The number of nitrogens with two attached hydrogens (primary N) is 1. The van der Waals surface area contributed by atoms with E-state index >= 15 is 0 Å². The molecule has 1 aliphatic heterocycles. The van der Waals surface area contributed by atoms with Gasteiger partial charge in [0, 0.05) is 51.1 Å². The van der Waals surface area contributed by atoms with Crippen molar-refractivity contribution in [3.05, 3.63) is 29.3 Å². The maximum absolute atomic E-state index is 12.5. The van der Waals surface area contributed by atoms with Crippen molar-refractivity contribution in [1.82, 2.24) is 9.80 Å². The Kier molecular flexibility index (Phi) is 4.98. The minimum Gasteiger partial charge on any atom is -0.399 e. The topological polar surface area (TPSA) is 58.8 Å². The van der Waals surface area contributed by atoms with E-state index in [0.717, 1.165) is 50.5 Å². The number of benzene rings is 1. The standard InChI is InChI=1S/C15H23N3O2/c1-12-3-4-13(16)11-14(12)15(19)18-7-5-17(6-8-18)9-10-20-2/h3-4,11H,5-10,16H2,1-2H3. The van der Waals surface area contributed by atoms with Crippen molar-refractivity contribution in [1.29, 1.82) is 0 Å². The quantitative estimate of drug-likeness (QED) is 0.834. The van der Waals surface area contributed by atoms with Crippen LogP contribution in [0.5, 0.6) is 0 Å². The van der Waals surface area contributed by atoms with E-state index in [1.54, 1.807) is 13.2 Å². The minimum absolute atomic E-state index is 0.0844. The van der Waals surface area contributed by atoms with Gasteiger partial charge in [-0.25, -0.2) is 0 Å². The van der Waals surface area contributed by atoms with E-state index in [2.05, 4.69) is 4.90 Å². The Labute approximate surface area is 120 Å². The SMILES string of the molecule is COCCN1CCN(C(=O)c2cc(N)ccc2C)CC1. The van der Waals surface area contributed by atoms with Crippen molar-refractivity contribution < 1.29 is 9.53 Å². The Bertz CT molecular complexity index is 468. The van der Waals surface area contributed by atoms with Crippen LogP contribution in [0.25, 0.3) is 0 Å². The molecule has 0 radical (unpaired) electrons. The second-order valence-electron chi connectivity index (χ2n) is 5.20. The van der Waals surface area contributed by atoms with Crippen LogP contribution in [0.3, 0.4) is 0 Å². The van der Waals surface area contributed by atoms with Crippen LogP contribution in [-0.2, 0) is 4.74 Å². The van der Waals surface area contributed by atoms with Gasteiger partial charge in [0.1, 0.15) is 0 Å². The molecule has 0 spiro atoms. The van der Waals surface area contributed by atoms with Crippen LogP contribution in [0.2, 0.25) is 0 Å². The molecule has 2 rings (SSSR count). The fraction of sp³-hybridized carbons (Fsp3) is 0.533. The van der Waals surface area contributed by atoms with Crippen LogP contribution in [0.1, 0.15) is 15.9 Å². The first-order chi connectivity index (χ1) is 9.61. The van der Waals surface area contributed by atoms with E-state index in [1.165, 1.54) is 0 Å². The zero-order chi connectivity index (χ0) is 14.5. The number of hydrogen-bond donors (Lipinski definition) is 1. The summed E-state index contributed by atoms with van der Waals surface area (Å²) in [5, 5.41) is 0. The highest BCUT2D eigenvalue weighted by atomic mass is 16.5. The zero-order valence-electron chi connectivity index (χ0n) is 12.3. The number of nitrogens with zero attached hydrogens (tertiary/aromatic N) is 2. The number of methoxy groups -OCH3 is 1. The number of piperazine rings is 1. The first-order valence-corrected chi connectivity index (χ1v) is 6.98. The molecule has 1 aromatic carbocycles. The molecule has 0 aliphatic carbocycles. The third-order valence-electron chi connectivity index (χ3n) is 3.76. The van der Waals surface area contributed by atoms with Crippen molar-refractivity contribution in [3.63, 3.8) is 0 Å². The summed E-state index contributed by atoms with van der Waals surface area (Å²) >= 11 is 0. The van der Waals surface area contributed by atoms with E-state index in [-0.39, 0.29) is 5.91 Å². The van der Waals surface area contributed by atoms with E-state index < -0.39 is 0 Å². The first-order valence-electron chi connectivity index (χ1n) is 6.98. The molecule has 1 amide bonds. The van der Waals surface area contributed by atoms with Gasteiger partial charge < -0.3 is 15.4 Å². The molecule has 0 atom stereocenters. The molecule has 20 heavy (non-hydrogen) atoms. The van der Waals surface area contributed by atoms with Gasteiger partial charge in [0.25, 0.3) is 5.91 Å². The summed E-state index contributed by atoms with van der Waals surface area (Å²) in [5.74, 6) is 0.0844. The maximum atomic E-state index is 12.5. The van der Waals surface area contributed by atoms with Crippen molar-refractivity contribution in [2.45, 2.75) is 6.92 Å². The molecular formula is C15H23N3O2. The van der Waals surface area contributed by atoms with E-state index in [4.69, 9.17) is 10.5 Å². The van der Waals surface area contributed by atoms with Gasteiger partial charge in [0.05, 0.1) is 6.61 Å². The third-order valence-corrected chi connectivity index (χ3v) is 3.76. The van der Waals surface area contributed by atoms with Gasteiger partial charge in [-0.05, 0) is 24.6 Å². The van der Waals surface area contributed by atoms with Crippen LogP contribution in [0, 0.1) is 6.92 Å². The average Bonchev–Trinajstić information content (AvgIpc) is 2.47. The van der Waals surface area contributed by atoms with E-state index in [9.17, 15) is 4.79 Å². The maximum Gasteiger partial charge on any atom is 0.254 e. The Morgan fingerprint density at radius 1 is 1.30 bits per heavy atom. The number of nitrogen functional groups attached to an aromatic ring is 1. The van der Waals surface area contributed by atoms with Gasteiger partial charge in [-0.3, -0.25) is 9.69 Å². The smallest absolute Gasteiger partial charge is 0.254 e. The monoisotopic (exact) mass is 277 g/mol. The Balaban J connectivity index is 1.96. The first kappa shape index (κ1) is 14.8. The molecule has 1 aliphatic rings. The lowest BCUT2D eigenvalue weighted by atomic mass is 10.1. The molecule has 0 aromatic heterocycles. The lowest BCUT2D eigenvalue weighted by Crippen LogP contribution is -2.49. The lowest BCUT2D eigenvalue weighted by molar-refractivity contribution is 0.0593. The predicted octanol–water partition coefficient (Wildman–Crippen LogP) is 0.981. The fourth-order valence-electron chi connectivity index (χ4n) is 2.44. The Hall–Kier alpha value is -1.59. The normalized spacial score (nSPS) is 16.4.